The molecule has 0 unspecified atom stereocenters. The first kappa shape index (κ1) is 16.5. The summed E-state index contributed by atoms with van der Waals surface area (Å²) < 4.78 is 3.89. The fraction of sp³-hybridized carbons (Fsp3) is 0.368. The van der Waals surface area contributed by atoms with E-state index in [-0.39, 0.29) is 11.8 Å². The standard InChI is InChI=1S/C19H22N6O/c1-14-11-23(2)18(22-14)16-4-3-8-24(12-16)19(26)15-5-6-17(21-10-15)25-9-7-20-13-25/h5-7,9-11,13,16H,3-4,8,12H2,1-2H3/t16-/m1/s1. The Kier molecular flexibility index (Phi) is 4.28. The third-order valence-corrected chi connectivity index (χ3v) is 4.87. The van der Waals surface area contributed by atoms with Gasteiger partial charge in [-0.15, -0.1) is 0 Å². The first-order valence-corrected chi connectivity index (χ1v) is 8.85. The molecule has 1 aliphatic heterocycles. The number of pyridine rings is 1. The lowest BCUT2D eigenvalue weighted by Crippen LogP contribution is -2.39. The van der Waals surface area contributed by atoms with Gasteiger partial charge in [0.2, 0.25) is 0 Å². The van der Waals surface area contributed by atoms with E-state index in [9.17, 15) is 4.79 Å². The van der Waals surface area contributed by atoms with Gasteiger partial charge in [-0.25, -0.2) is 15.0 Å². The van der Waals surface area contributed by atoms with Crippen molar-refractivity contribution in [3.63, 3.8) is 0 Å². The highest BCUT2D eigenvalue weighted by Crippen LogP contribution is 2.27. The number of piperidine rings is 1. The van der Waals surface area contributed by atoms with Gasteiger partial charge < -0.3 is 9.47 Å². The van der Waals surface area contributed by atoms with Crippen LogP contribution in [0.2, 0.25) is 0 Å². The molecule has 7 heteroatoms. The zero-order valence-electron chi connectivity index (χ0n) is 15.0. The maximum absolute atomic E-state index is 12.9. The smallest absolute Gasteiger partial charge is 0.255 e. The van der Waals surface area contributed by atoms with Gasteiger partial charge in [-0.2, -0.15) is 0 Å². The Labute approximate surface area is 152 Å². The molecule has 0 aliphatic carbocycles. The number of rotatable bonds is 3. The van der Waals surface area contributed by atoms with Gasteiger partial charge in [-0.3, -0.25) is 9.36 Å². The van der Waals surface area contributed by atoms with E-state index in [4.69, 9.17) is 0 Å². The molecule has 0 bridgehead atoms. The Hall–Kier alpha value is -2.96. The van der Waals surface area contributed by atoms with E-state index in [1.807, 2.05) is 48.0 Å². The van der Waals surface area contributed by atoms with Crippen LogP contribution in [-0.2, 0) is 7.05 Å². The first-order valence-electron chi connectivity index (χ1n) is 8.85. The normalized spacial score (nSPS) is 17.5. The molecule has 3 aromatic heterocycles. The average Bonchev–Trinajstić information content (AvgIpc) is 3.31. The van der Waals surface area contributed by atoms with Crippen LogP contribution in [0.3, 0.4) is 0 Å². The molecule has 1 saturated heterocycles. The van der Waals surface area contributed by atoms with Gasteiger partial charge in [0.1, 0.15) is 18.0 Å². The predicted molar refractivity (Wildman–Crippen MR) is 97.2 cm³/mol. The van der Waals surface area contributed by atoms with Crippen LogP contribution in [0, 0.1) is 6.92 Å². The van der Waals surface area contributed by atoms with Crippen LogP contribution in [-0.4, -0.2) is 48.0 Å². The number of aryl methyl sites for hydroxylation is 2. The number of carbonyl (C=O) groups is 1. The molecule has 4 heterocycles. The van der Waals surface area contributed by atoms with Crippen molar-refractivity contribution in [1.29, 1.82) is 0 Å². The second-order valence-corrected chi connectivity index (χ2v) is 6.82. The first-order chi connectivity index (χ1) is 12.6. The number of aromatic nitrogens is 5. The van der Waals surface area contributed by atoms with Crippen molar-refractivity contribution in [1.82, 2.24) is 29.0 Å². The van der Waals surface area contributed by atoms with E-state index in [1.54, 1.807) is 18.7 Å². The van der Waals surface area contributed by atoms with Crippen molar-refractivity contribution >= 4 is 5.91 Å². The Balaban J connectivity index is 1.50. The maximum Gasteiger partial charge on any atom is 0.255 e. The molecule has 3 aromatic rings. The summed E-state index contributed by atoms with van der Waals surface area (Å²) in [6.45, 7) is 3.48. The number of imidazole rings is 2. The fourth-order valence-electron chi connectivity index (χ4n) is 3.63. The van der Waals surface area contributed by atoms with Crippen LogP contribution >= 0.6 is 0 Å². The third kappa shape index (κ3) is 3.12. The lowest BCUT2D eigenvalue weighted by atomic mass is 9.96. The average molecular weight is 350 g/mol. The number of amides is 1. The van der Waals surface area contributed by atoms with Crippen molar-refractivity contribution in [2.45, 2.75) is 25.7 Å². The molecule has 0 radical (unpaired) electrons. The molecule has 134 valence electrons. The monoisotopic (exact) mass is 350 g/mol. The molecular formula is C19H22N6O. The van der Waals surface area contributed by atoms with Gasteiger partial charge in [0.05, 0.1) is 11.3 Å². The summed E-state index contributed by atoms with van der Waals surface area (Å²) in [6.07, 6.45) is 10.9. The molecule has 7 nitrogen and oxygen atoms in total. The Morgan fingerprint density at radius 2 is 2.19 bits per heavy atom. The number of hydrogen-bond acceptors (Lipinski definition) is 4. The lowest BCUT2D eigenvalue weighted by molar-refractivity contribution is 0.0703. The van der Waals surface area contributed by atoms with Gasteiger partial charge in [0, 0.05) is 50.8 Å². The molecule has 1 atom stereocenters. The Morgan fingerprint density at radius 3 is 2.85 bits per heavy atom. The summed E-state index contributed by atoms with van der Waals surface area (Å²) in [4.78, 5) is 27.9. The molecule has 0 saturated carbocycles. The summed E-state index contributed by atoms with van der Waals surface area (Å²) in [6, 6.07) is 3.68. The van der Waals surface area contributed by atoms with E-state index in [1.165, 1.54) is 0 Å². The highest BCUT2D eigenvalue weighted by atomic mass is 16.2. The number of carbonyl (C=O) groups excluding carboxylic acids is 1. The van der Waals surface area contributed by atoms with E-state index >= 15 is 0 Å². The molecule has 0 N–H and O–H groups in total. The second kappa shape index (κ2) is 6.74. The number of hydrogen-bond donors (Lipinski definition) is 0. The van der Waals surface area contributed by atoms with E-state index in [2.05, 4.69) is 19.5 Å². The van der Waals surface area contributed by atoms with Crippen molar-refractivity contribution < 1.29 is 4.79 Å². The number of nitrogens with zero attached hydrogens (tertiary/aromatic N) is 6. The largest absolute Gasteiger partial charge is 0.338 e. The molecule has 0 spiro atoms. The zero-order valence-corrected chi connectivity index (χ0v) is 15.0. The Bertz CT molecular complexity index is 897. The van der Waals surface area contributed by atoms with Crippen molar-refractivity contribution in [2.24, 2.45) is 7.05 Å². The van der Waals surface area contributed by atoms with E-state index in [0.29, 0.717) is 12.1 Å². The molecular weight excluding hydrogens is 328 g/mol. The predicted octanol–water partition coefficient (Wildman–Crippen LogP) is 2.33. The van der Waals surface area contributed by atoms with Crippen LogP contribution in [0.4, 0.5) is 0 Å². The minimum atomic E-state index is 0.0327. The SMILES string of the molecule is Cc1cn(C)c([C@@H]2CCCN(C(=O)c3ccc(-n4ccnc4)nc3)C2)n1. The minimum Gasteiger partial charge on any atom is -0.338 e. The van der Waals surface area contributed by atoms with E-state index < -0.39 is 0 Å². The van der Waals surface area contributed by atoms with Crippen LogP contribution < -0.4 is 0 Å². The minimum absolute atomic E-state index is 0.0327. The summed E-state index contributed by atoms with van der Waals surface area (Å²) >= 11 is 0. The summed E-state index contributed by atoms with van der Waals surface area (Å²) in [5.41, 5.74) is 1.63. The summed E-state index contributed by atoms with van der Waals surface area (Å²) in [5, 5.41) is 0. The maximum atomic E-state index is 12.9. The quantitative estimate of drug-likeness (QED) is 0.727. The van der Waals surface area contributed by atoms with Crippen LogP contribution in [0.15, 0.2) is 43.2 Å². The Morgan fingerprint density at radius 1 is 1.31 bits per heavy atom. The van der Waals surface area contributed by atoms with Crippen LogP contribution in [0.1, 0.15) is 40.6 Å². The fourth-order valence-corrected chi connectivity index (χ4v) is 3.63. The van der Waals surface area contributed by atoms with Gasteiger partial charge >= 0.3 is 0 Å². The van der Waals surface area contributed by atoms with Gasteiger partial charge in [0.15, 0.2) is 0 Å². The highest BCUT2D eigenvalue weighted by molar-refractivity contribution is 5.94. The van der Waals surface area contributed by atoms with Crippen molar-refractivity contribution in [2.75, 3.05) is 13.1 Å². The van der Waals surface area contributed by atoms with Gasteiger partial charge in [-0.1, -0.05) is 0 Å². The van der Waals surface area contributed by atoms with Crippen LogP contribution in [0.25, 0.3) is 5.82 Å². The highest BCUT2D eigenvalue weighted by Gasteiger charge is 2.28. The van der Waals surface area contributed by atoms with Crippen molar-refractivity contribution in [3.8, 4) is 5.82 Å². The van der Waals surface area contributed by atoms with Crippen LogP contribution in [0.5, 0.6) is 0 Å². The van der Waals surface area contributed by atoms with Gasteiger partial charge in [0.25, 0.3) is 5.91 Å². The summed E-state index contributed by atoms with van der Waals surface area (Å²) in [5.74, 6) is 2.13. The molecule has 1 aliphatic rings. The van der Waals surface area contributed by atoms with E-state index in [0.717, 1.165) is 36.7 Å². The molecule has 26 heavy (non-hydrogen) atoms. The summed E-state index contributed by atoms with van der Waals surface area (Å²) in [7, 11) is 2.02. The third-order valence-electron chi connectivity index (χ3n) is 4.87. The zero-order chi connectivity index (χ0) is 18.1. The topological polar surface area (TPSA) is 68.8 Å². The molecule has 1 amide bonds. The number of likely N-dealkylation sites (tertiary alicyclic amines) is 1. The van der Waals surface area contributed by atoms with Crippen molar-refractivity contribution in [3.05, 3.63) is 60.3 Å². The lowest BCUT2D eigenvalue weighted by Gasteiger charge is -2.32. The second-order valence-electron chi connectivity index (χ2n) is 6.82. The molecule has 4 rings (SSSR count). The van der Waals surface area contributed by atoms with Gasteiger partial charge in [-0.05, 0) is 31.9 Å². The molecule has 0 aromatic carbocycles. The molecule has 1 fully saturated rings.